The molecule has 33 heavy (non-hydrogen) atoms. The fourth-order valence-electron chi connectivity index (χ4n) is 3.08. The standard InChI is InChI=1S/C23H22F2N2O5S/c1-31-21-11-9-17(14-22(21)32-2)33(29,30)27-20(12-15-6-4-3-5-7-15)23(28)26-16-8-10-18(24)19(25)13-16/h3-11,13-14,20,27H,12H2,1-2H3,(H,26,28)/t20-/m1/s1. The van der Waals surface area contributed by atoms with Crippen molar-refractivity contribution >= 4 is 21.6 Å². The molecule has 174 valence electrons. The van der Waals surface area contributed by atoms with Crippen molar-refractivity contribution in [1.82, 2.24) is 4.72 Å². The lowest BCUT2D eigenvalue weighted by atomic mass is 10.1. The van der Waals surface area contributed by atoms with Gasteiger partial charge in [-0.25, -0.2) is 17.2 Å². The number of carbonyl (C=O) groups excluding carboxylic acids is 1. The molecule has 2 N–H and O–H groups in total. The van der Waals surface area contributed by atoms with Gasteiger partial charge in [0.1, 0.15) is 6.04 Å². The number of nitrogens with one attached hydrogen (secondary N) is 2. The molecule has 7 nitrogen and oxygen atoms in total. The number of halogens is 2. The highest BCUT2D eigenvalue weighted by molar-refractivity contribution is 7.89. The Kier molecular flexibility index (Phi) is 7.62. The number of benzene rings is 3. The third-order valence-electron chi connectivity index (χ3n) is 4.75. The maximum absolute atomic E-state index is 13.5. The van der Waals surface area contributed by atoms with E-state index in [4.69, 9.17) is 9.47 Å². The SMILES string of the molecule is COc1ccc(S(=O)(=O)N[C@H](Cc2ccccc2)C(=O)Nc2ccc(F)c(F)c2)cc1OC. The minimum Gasteiger partial charge on any atom is -0.493 e. The number of ether oxygens (including phenoxy) is 2. The molecule has 0 aliphatic heterocycles. The molecule has 0 radical (unpaired) electrons. The van der Waals surface area contributed by atoms with Crippen LogP contribution in [0.4, 0.5) is 14.5 Å². The van der Waals surface area contributed by atoms with Gasteiger partial charge in [-0.1, -0.05) is 30.3 Å². The Morgan fingerprint density at radius 2 is 1.61 bits per heavy atom. The lowest BCUT2D eigenvalue weighted by Gasteiger charge is -2.19. The van der Waals surface area contributed by atoms with Gasteiger partial charge in [-0.05, 0) is 36.2 Å². The number of anilines is 1. The van der Waals surface area contributed by atoms with Gasteiger partial charge in [0, 0.05) is 17.8 Å². The number of amides is 1. The zero-order valence-corrected chi connectivity index (χ0v) is 18.7. The van der Waals surface area contributed by atoms with Crippen LogP contribution in [0, 0.1) is 11.6 Å². The fraction of sp³-hybridized carbons (Fsp3) is 0.174. The number of carbonyl (C=O) groups is 1. The van der Waals surface area contributed by atoms with E-state index in [1.807, 2.05) is 0 Å². The molecular weight excluding hydrogens is 454 g/mol. The van der Waals surface area contributed by atoms with E-state index in [1.54, 1.807) is 30.3 Å². The van der Waals surface area contributed by atoms with Crippen molar-refractivity contribution in [2.45, 2.75) is 17.4 Å². The topological polar surface area (TPSA) is 93.7 Å². The van der Waals surface area contributed by atoms with Crippen LogP contribution in [0.3, 0.4) is 0 Å². The summed E-state index contributed by atoms with van der Waals surface area (Å²) in [4.78, 5) is 12.8. The highest BCUT2D eigenvalue weighted by Gasteiger charge is 2.27. The van der Waals surface area contributed by atoms with E-state index >= 15 is 0 Å². The summed E-state index contributed by atoms with van der Waals surface area (Å²) in [6, 6.07) is 14.4. The summed E-state index contributed by atoms with van der Waals surface area (Å²) in [5, 5.41) is 2.43. The van der Waals surface area contributed by atoms with Gasteiger partial charge in [-0.2, -0.15) is 4.72 Å². The minimum absolute atomic E-state index is 0.0118. The molecule has 0 spiro atoms. The molecule has 1 atom stereocenters. The summed E-state index contributed by atoms with van der Waals surface area (Å²) in [6.45, 7) is 0. The van der Waals surface area contributed by atoms with Crippen LogP contribution in [0.1, 0.15) is 5.56 Å². The predicted octanol–water partition coefficient (Wildman–Crippen LogP) is 3.51. The third kappa shape index (κ3) is 6.05. The number of sulfonamides is 1. The fourth-order valence-corrected chi connectivity index (χ4v) is 4.29. The average molecular weight is 477 g/mol. The molecule has 0 saturated carbocycles. The van der Waals surface area contributed by atoms with Gasteiger partial charge >= 0.3 is 0 Å². The van der Waals surface area contributed by atoms with Gasteiger partial charge in [0.2, 0.25) is 15.9 Å². The smallest absolute Gasteiger partial charge is 0.242 e. The molecule has 0 aliphatic carbocycles. The average Bonchev–Trinajstić information content (AvgIpc) is 2.81. The molecule has 3 aromatic rings. The third-order valence-corrected chi connectivity index (χ3v) is 6.22. The Bertz CT molecular complexity index is 1240. The van der Waals surface area contributed by atoms with Crippen LogP contribution in [-0.4, -0.2) is 34.6 Å². The van der Waals surface area contributed by atoms with E-state index in [9.17, 15) is 22.0 Å². The zero-order valence-electron chi connectivity index (χ0n) is 17.8. The molecule has 0 fully saturated rings. The van der Waals surface area contributed by atoms with Gasteiger partial charge in [0.25, 0.3) is 0 Å². The lowest BCUT2D eigenvalue weighted by molar-refractivity contribution is -0.117. The van der Waals surface area contributed by atoms with Crippen molar-refractivity contribution in [3.05, 3.63) is 83.9 Å². The van der Waals surface area contributed by atoms with Gasteiger partial charge in [0.05, 0.1) is 19.1 Å². The summed E-state index contributed by atoms with van der Waals surface area (Å²) in [6.07, 6.45) is 0.0167. The predicted molar refractivity (Wildman–Crippen MR) is 119 cm³/mol. The first kappa shape index (κ1) is 24.1. The molecule has 0 bridgehead atoms. The van der Waals surface area contributed by atoms with Gasteiger partial charge in [0.15, 0.2) is 23.1 Å². The van der Waals surface area contributed by atoms with Crippen molar-refractivity contribution in [2.24, 2.45) is 0 Å². The van der Waals surface area contributed by atoms with Crippen molar-refractivity contribution in [2.75, 3.05) is 19.5 Å². The monoisotopic (exact) mass is 476 g/mol. The van der Waals surface area contributed by atoms with E-state index in [-0.39, 0.29) is 22.8 Å². The molecule has 3 aromatic carbocycles. The Balaban J connectivity index is 1.90. The Morgan fingerprint density at radius 1 is 0.909 bits per heavy atom. The van der Waals surface area contributed by atoms with Crippen molar-refractivity contribution < 1.29 is 31.5 Å². The largest absolute Gasteiger partial charge is 0.493 e. The van der Waals surface area contributed by atoms with Gasteiger partial charge in [-0.15, -0.1) is 0 Å². The summed E-state index contributed by atoms with van der Waals surface area (Å²) >= 11 is 0. The first-order valence-electron chi connectivity index (χ1n) is 9.77. The highest BCUT2D eigenvalue weighted by atomic mass is 32.2. The van der Waals surface area contributed by atoms with E-state index in [2.05, 4.69) is 10.0 Å². The lowest BCUT2D eigenvalue weighted by Crippen LogP contribution is -2.45. The summed E-state index contributed by atoms with van der Waals surface area (Å²) in [7, 11) is -1.38. The molecule has 0 aliphatic rings. The maximum atomic E-state index is 13.5. The number of hydrogen-bond acceptors (Lipinski definition) is 5. The van der Waals surface area contributed by atoms with E-state index in [0.29, 0.717) is 11.3 Å². The van der Waals surface area contributed by atoms with Crippen LogP contribution in [0.15, 0.2) is 71.6 Å². The van der Waals surface area contributed by atoms with Crippen LogP contribution >= 0.6 is 0 Å². The van der Waals surface area contributed by atoms with Crippen molar-refractivity contribution in [3.8, 4) is 11.5 Å². The van der Waals surface area contributed by atoms with E-state index in [0.717, 1.165) is 12.1 Å². The van der Waals surface area contributed by atoms with Crippen molar-refractivity contribution in [3.63, 3.8) is 0 Å². The second-order valence-corrected chi connectivity index (χ2v) is 8.71. The van der Waals surface area contributed by atoms with Crippen LogP contribution in [0.2, 0.25) is 0 Å². The van der Waals surface area contributed by atoms with Gasteiger partial charge < -0.3 is 14.8 Å². The molecule has 3 rings (SSSR count). The van der Waals surface area contributed by atoms with Gasteiger partial charge in [-0.3, -0.25) is 4.79 Å². The molecule has 0 unspecified atom stereocenters. The second-order valence-electron chi connectivity index (χ2n) is 7.00. The highest BCUT2D eigenvalue weighted by Crippen LogP contribution is 2.29. The normalized spacial score (nSPS) is 12.1. The zero-order chi connectivity index (χ0) is 24.0. The van der Waals surface area contributed by atoms with Crippen LogP contribution in [0.25, 0.3) is 0 Å². The molecule has 1 amide bonds. The van der Waals surface area contributed by atoms with Crippen LogP contribution in [-0.2, 0) is 21.2 Å². The number of methoxy groups -OCH3 is 2. The summed E-state index contributed by atoms with van der Waals surface area (Å²) < 4.78 is 65.5. The van der Waals surface area contributed by atoms with Crippen LogP contribution in [0.5, 0.6) is 11.5 Å². The van der Waals surface area contributed by atoms with E-state index in [1.165, 1.54) is 38.5 Å². The first-order valence-corrected chi connectivity index (χ1v) is 11.3. The van der Waals surface area contributed by atoms with Crippen molar-refractivity contribution in [1.29, 1.82) is 0 Å². The molecule has 0 saturated heterocycles. The maximum Gasteiger partial charge on any atom is 0.242 e. The molecule has 10 heteroatoms. The number of hydrogen-bond donors (Lipinski definition) is 2. The Morgan fingerprint density at radius 3 is 2.24 bits per heavy atom. The molecule has 0 heterocycles. The quantitative estimate of drug-likeness (QED) is 0.493. The summed E-state index contributed by atoms with van der Waals surface area (Å²) in [5.74, 6) is -2.41. The van der Waals surface area contributed by atoms with E-state index < -0.39 is 33.6 Å². The molecular formula is C23H22F2N2O5S. The van der Waals surface area contributed by atoms with Crippen LogP contribution < -0.4 is 19.5 Å². The summed E-state index contributed by atoms with van der Waals surface area (Å²) in [5.41, 5.74) is 0.681. The Labute approximate surface area is 190 Å². The number of rotatable bonds is 9. The second kappa shape index (κ2) is 10.4. The minimum atomic E-state index is -4.17. The Hall–Kier alpha value is -3.50. The first-order chi connectivity index (χ1) is 15.7. The molecule has 0 aromatic heterocycles.